The van der Waals surface area contributed by atoms with Crippen LogP contribution in [0.25, 0.3) is 0 Å². The van der Waals surface area contributed by atoms with Crippen LogP contribution in [0.1, 0.15) is 6.92 Å². The van der Waals surface area contributed by atoms with Gasteiger partial charge in [0.15, 0.2) is 0 Å². The van der Waals surface area contributed by atoms with Crippen molar-refractivity contribution in [1.82, 2.24) is 4.98 Å². The van der Waals surface area contributed by atoms with E-state index >= 15 is 0 Å². The third kappa shape index (κ3) is 3.33. The number of hydrogen-bond donors (Lipinski definition) is 1. The lowest BCUT2D eigenvalue weighted by atomic mass is 10.2. The van der Waals surface area contributed by atoms with E-state index < -0.39 is 11.9 Å². The fourth-order valence-corrected chi connectivity index (χ4v) is 1.58. The van der Waals surface area contributed by atoms with Crippen LogP contribution in [-0.2, 0) is 4.79 Å². The standard InChI is InChI=1S/C9H10FNO2S/c1-6(9(12)13)5-14-8-3-2-7(10)4-11-8/h2-4,6H,5H2,1H3,(H,12,13). The average Bonchev–Trinajstić information content (AvgIpc) is 2.16. The zero-order valence-electron chi connectivity index (χ0n) is 7.61. The molecule has 1 rings (SSSR count). The number of carboxylic acids is 1. The third-order valence-electron chi connectivity index (χ3n) is 1.60. The molecule has 3 nitrogen and oxygen atoms in total. The maximum atomic E-state index is 12.4. The molecule has 0 saturated heterocycles. The Morgan fingerprint density at radius 3 is 2.93 bits per heavy atom. The van der Waals surface area contributed by atoms with Gasteiger partial charge in [0.05, 0.1) is 17.1 Å². The third-order valence-corrected chi connectivity index (χ3v) is 2.81. The van der Waals surface area contributed by atoms with Crippen LogP contribution in [0.3, 0.4) is 0 Å². The van der Waals surface area contributed by atoms with Gasteiger partial charge in [0, 0.05) is 5.75 Å². The first-order valence-corrected chi connectivity index (χ1v) is 5.05. The molecule has 1 aromatic heterocycles. The number of pyridine rings is 1. The van der Waals surface area contributed by atoms with Gasteiger partial charge < -0.3 is 5.11 Å². The van der Waals surface area contributed by atoms with Gasteiger partial charge >= 0.3 is 5.97 Å². The van der Waals surface area contributed by atoms with Crippen molar-refractivity contribution >= 4 is 17.7 Å². The van der Waals surface area contributed by atoms with Gasteiger partial charge in [-0.2, -0.15) is 0 Å². The maximum absolute atomic E-state index is 12.4. The Bertz CT molecular complexity index is 315. The van der Waals surface area contributed by atoms with Crippen LogP contribution >= 0.6 is 11.8 Å². The van der Waals surface area contributed by atoms with E-state index in [0.717, 1.165) is 6.20 Å². The number of rotatable bonds is 4. The molecule has 0 spiro atoms. The molecule has 0 amide bonds. The van der Waals surface area contributed by atoms with Crippen molar-refractivity contribution in [3.05, 3.63) is 24.1 Å². The zero-order valence-corrected chi connectivity index (χ0v) is 8.42. The summed E-state index contributed by atoms with van der Waals surface area (Å²) in [6.07, 6.45) is 1.12. The van der Waals surface area contributed by atoms with Gasteiger partial charge in [0.2, 0.25) is 0 Å². The molecule has 1 N–H and O–H groups in total. The quantitative estimate of drug-likeness (QED) is 0.781. The summed E-state index contributed by atoms with van der Waals surface area (Å²) in [4.78, 5) is 14.3. The van der Waals surface area contributed by atoms with Crippen molar-refractivity contribution in [2.45, 2.75) is 11.9 Å². The van der Waals surface area contributed by atoms with Crippen LogP contribution in [0.2, 0.25) is 0 Å². The van der Waals surface area contributed by atoms with E-state index in [0.29, 0.717) is 10.8 Å². The minimum absolute atomic E-state index is 0.388. The smallest absolute Gasteiger partial charge is 0.307 e. The first-order valence-electron chi connectivity index (χ1n) is 4.06. The molecule has 1 unspecified atom stereocenters. The van der Waals surface area contributed by atoms with Gasteiger partial charge in [-0.15, -0.1) is 11.8 Å². The highest BCUT2D eigenvalue weighted by molar-refractivity contribution is 7.99. The second kappa shape index (κ2) is 4.95. The van der Waals surface area contributed by atoms with Gasteiger partial charge in [-0.25, -0.2) is 9.37 Å². The van der Waals surface area contributed by atoms with Crippen LogP contribution in [-0.4, -0.2) is 21.8 Å². The molecule has 1 aromatic rings. The van der Waals surface area contributed by atoms with E-state index in [1.807, 2.05) is 0 Å². The van der Waals surface area contributed by atoms with E-state index in [-0.39, 0.29) is 5.82 Å². The first kappa shape index (κ1) is 11.0. The summed E-state index contributed by atoms with van der Waals surface area (Å²) in [5.74, 6) is -1.21. The Labute approximate surface area is 85.4 Å². The summed E-state index contributed by atoms with van der Waals surface area (Å²) < 4.78 is 12.4. The molecule has 76 valence electrons. The lowest BCUT2D eigenvalue weighted by molar-refractivity contribution is -0.140. The van der Waals surface area contributed by atoms with Crippen molar-refractivity contribution < 1.29 is 14.3 Å². The Balaban J connectivity index is 2.46. The van der Waals surface area contributed by atoms with E-state index in [2.05, 4.69) is 4.98 Å². The molecular weight excluding hydrogens is 205 g/mol. The summed E-state index contributed by atoms with van der Waals surface area (Å²) in [5, 5.41) is 9.25. The molecule has 0 aromatic carbocycles. The number of aliphatic carboxylic acids is 1. The Hall–Kier alpha value is -1.10. The maximum Gasteiger partial charge on any atom is 0.307 e. The SMILES string of the molecule is CC(CSc1ccc(F)cn1)C(=O)O. The Morgan fingerprint density at radius 1 is 1.71 bits per heavy atom. The summed E-state index contributed by atoms with van der Waals surface area (Å²) in [7, 11) is 0. The summed E-state index contributed by atoms with van der Waals surface area (Å²) >= 11 is 1.31. The summed E-state index contributed by atoms with van der Waals surface area (Å²) in [6.45, 7) is 1.62. The van der Waals surface area contributed by atoms with E-state index in [1.165, 1.54) is 23.9 Å². The lowest BCUT2D eigenvalue weighted by Gasteiger charge is -2.04. The molecule has 0 bridgehead atoms. The molecular formula is C9H10FNO2S. The largest absolute Gasteiger partial charge is 0.481 e. The second-order valence-corrected chi connectivity index (χ2v) is 3.91. The van der Waals surface area contributed by atoms with Gasteiger partial charge in [-0.05, 0) is 12.1 Å². The van der Waals surface area contributed by atoms with Crippen molar-refractivity contribution in [2.75, 3.05) is 5.75 Å². The van der Waals surface area contributed by atoms with Gasteiger partial charge in [-0.1, -0.05) is 6.92 Å². The molecule has 0 aliphatic heterocycles. The Kier molecular flexibility index (Phi) is 3.88. The monoisotopic (exact) mass is 215 g/mol. The topological polar surface area (TPSA) is 50.2 Å². The van der Waals surface area contributed by atoms with E-state index in [1.54, 1.807) is 6.92 Å². The molecule has 0 aliphatic carbocycles. The van der Waals surface area contributed by atoms with Crippen molar-refractivity contribution in [3.63, 3.8) is 0 Å². The first-order chi connectivity index (χ1) is 6.59. The van der Waals surface area contributed by atoms with Gasteiger partial charge in [0.1, 0.15) is 5.82 Å². The van der Waals surface area contributed by atoms with Gasteiger partial charge in [0.25, 0.3) is 0 Å². The predicted octanol–water partition coefficient (Wildman–Crippen LogP) is 2.03. The fourth-order valence-electron chi connectivity index (χ4n) is 0.729. The molecule has 0 aliphatic rings. The van der Waals surface area contributed by atoms with Crippen LogP contribution < -0.4 is 0 Å². The number of carbonyl (C=O) groups is 1. The Morgan fingerprint density at radius 2 is 2.43 bits per heavy atom. The highest BCUT2D eigenvalue weighted by Gasteiger charge is 2.11. The number of hydrogen-bond acceptors (Lipinski definition) is 3. The van der Waals surface area contributed by atoms with E-state index in [4.69, 9.17) is 5.11 Å². The summed E-state index contributed by atoms with van der Waals surface area (Å²) in [5.41, 5.74) is 0. The molecule has 0 radical (unpaired) electrons. The second-order valence-electron chi connectivity index (χ2n) is 2.86. The normalized spacial score (nSPS) is 12.4. The molecule has 0 fully saturated rings. The van der Waals surface area contributed by atoms with Crippen LogP contribution in [0.4, 0.5) is 4.39 Å². The molecule has 14 heavy (non-hydrogen) atoms. The highest BCUT2D eigenvalue weighted by Crippen LogP contribution is 2.18. The van der Waals surface area contributed by atoms with Crippen LogP contribution in [0, 0.1) is 11.7 Å². The fraction of sp³-hybridized carbons (Fsp3) is 0.333. The number of carboxylic acid groups (broad SMARTS) is 1. The number of nitrogens with zero attached hydrogens (tertiary/aromatic N) is 1. The predicted molar refractivity (Wildman–Crippen MR) is 51.7 cm³/mol. The minimum Gasteiger partial charge on any atom is -0.481 e. The molecule has 0 saturated carbocycles. The van der Waals surface area contributed by atoms with Crippen LogP contribution in [0.5, 0.6) is 0 Å². The minimum atomic E-state index is -0.834. The number of halogens is 1. The van der Waals surface area contributed by atoms with Crippen LogP contribution in [0.15, 0.2) is 23.4 Å². The van der Waals surface area contributed by atoms with Gasteiger partial charge in [-0.3, -0.25) is 4.79 Å². The van der Waals surface area contributed by atoms with Crippen molar-refractivity contribution in [2.24, 2.45) is 5.92 Å². The van der Waals surface area contributed by atoms with Crippen molar-refractivity contribution in [3.8, 4) is 0 Å². The number of aromatic nitrogens is 1. The zero-order chi connectivity index (χ0) is 10.6. The summed E-state index contributed by atoms with van der Waals surface area (Å²) in [6, 6.07) is 2.84. The molecule has 1 atom stereocenters. The molecule has 5 heteroatoms. The highest BCUT2D eigenvalue weighted by atomic mass is 32.2. The molecule has 1 heterocycles. The van der Waals surface area contributed by atoms with E-state index in [9.17, 15) is 9.18 Å². The number of thioether (sulfide) groups is 1. The lowest BCUT2D eigenvalue weighted by Crippen LogP contribution is -2.11. The average molecular weight is 215 g/mol. The van der Waals surface area contributed by atoms with Crippen molar-refractivity contribution in [1.29, 1.82) is 0 Å².